The van der Waals surface area contributed by atoms with Crippen molar-refractivity contribution in [2.24, 2.45) is 5.92 Å². The molecule has 2 aliphatic heterocycles. The molecule has 1 aromatic rings. The monoisotopic (exact) mass is 396 g/mol. The van der Waals surface area contributed by atoms with E-state index in [1.54, 1.807) is 24.8 Å². The van der Waals surface area contributed by atoms with Crippen LogP contribution in [0.2, 0.25) is 0 Å². The minimum atomic E-state index is -2.95. The van der Waals surface area contributed by atoms with Gasteiger partial charge in [-0.3, -0.25) is 9.69 Å². The molecule has 2 unspecified atom stereocenters. The van der Waals surface area contributed by atoms with Gasteiger partial charge in [0.15, 0.2) is 0 Å². The van der Waals surface area contributed by atoms with Gasteiger partial charge in [0.05, 0.1) is 12.6 Å². The summed E-state index contributed by atoms with van der Waals surface area (Å²) in [4.78, 5) is 16.7. The van der Waals surface area contributed by atoms with Gasteiger partial charge in [-0.15, -0.1) is 0 Å². The molecule has 1 aromatic carbocycles. The van der Waals surface area contributed by atoms with Crippen LogP contribution in [0.1, 0.15) is 38.3 Å². The summed E-state index contributed by atoms with van der Waals surface area (Å²) >= 11 is 0. The molecule has 4 rings (SSSR count). The molecule has 2 atom stereocenters. The second-order valence-corrected chi connectivity index (χ2v) is 8.44. The van der Waals surface area contributed by atoms with Gasteiger partial charge in [0.2, 0.25) is 5.91 Å². The normalized spacial score (nSPS) is 27.5. The number of amides is 1. The van der Waals surface area contributed by atoms with E-state index in [9.17, 15) is 18.7 Å². The number of piperazine rings is 1. The number of aliphatic hydroxyl groups excluding tert-OH is 1. The van der Waals surface area contributed by atoms with Crippen LogP contribution in [0.3, 0.4) is 0 Å². The molecule has 1 saturated carbocycles. The Hall–Kier alpha value is -1.93. The van der Waals surface area contributed by atoms with Gasteiger partial charge in [-0.1, -0.05) is 0 Å². The van der Waals surface area contributed by atoms with Crippen LogP contribution < -0.4 is 9.47 Å². The number of halogens is 2. The summed E-state index contributed by atoms with van der Waals surface area (Å²) in [6.45, 7) is 3.01. The SMILES string of the molecule is CC1(C)Oc2ccc(OC(F)F)cc2C(N2CCN(CC3CC3)CC2=O)C1O. The van der Waals surface area contributed by atoms with E-state index < -0.39 is 24.4 Å². The zero-order valence-electron chi connectivity index (χ0n) is 16.1. The van der Waals surface area contributed by atoms with Crippen molar-refractivity contribution in [1.82, 2.24) is 9.80 Å². The Morgan fingerprint density at radius 1 is 1.32 bits per heavy atom. The third kappa shape index (κ3) is 3.80. The van der Waals surface area contributed by atoms with Crippen LogP contribution in [0.25, 0.3) is 0 Å². The third-order valence-electron chi connectivity index (χ3n) is 5.79. The average molecular weight is 396 g/mol. The summed E-state index contributed by atoms with van der Waals surface area (Å²) in [7, 11) is 0. The number of nitrogens with zero attached hydrogens (tertiary/aromatic N) is 2. The lowest BCUT2D eigenvalue weighted by molar-refractivity contribution is -0.150. The van der Waals surface area contributed by atoms with Crippen LogP contribution in [0.4, 0.5) is 8.78 Å². The molecule has 0 spiro atoms. The molecule has 1 N–H and O–H groups in total. The topological polar surface area (TPSA) is 62.2 Å². The van der Waals surface area contributed by atoms with Gasteiger partial charge in [0.1, 0.15) is 23.2 Å². The van der Waals surface area contributed by atoms with E-state index in [0.717, 1.165) is 13.1 Å². The summed E-state index contributed by atoms with van der Waals surface area (Å²) in [5, 5.41) is 11.0. The Kier molecular flexibility index (Phi) is 4.95. The first kappa shape index (κ1) is 19.4. The number of hydrogen-bond acceptors (Lipinski definition) is 5. The molecule has 0 radical (unpaired) electrons. The molecule has 8 heteroatoms. The zero-order valence-corrected chi connectivity index (χ0v) is 16.1. The van der Waals surface area contributed by atoms with Crippen molar-refractivity contribution in [3.63, 3.8) is 0 Å². The van der Waals surface area contributed by atoms with Crippen molar-refractivity contribution in [2.45, 2.75) is 51.0 Å². The highest BCUT2D eigenvalue weighted by molar-refractivity contribution is 5.80. The lowest BCUT2D eigenvalue weighted by atomic mass is 9.85. The number of alkyl halides is 2. The van der Waals surface area contributed by atoms with Crippen molar-refractivity contribution in [1.29, 1.82) is 0 Å². The van der Waals surface area contributed by atoms with E-state index in [-0.39, 0.29) is 11.7 Å². The average Bonchev–Trinajstić information content (AvgIpc) is 3.41. The first-order chi connectivity index (χ1) is 13.2. The number of fused-ring (bicyclic) bond motifs is 1. The highest BCUT2D eigenvalue weighted by atomic mass is 19.3. The van der Waals surface area contributed by atoms with Crippen molar-refractivity contribution < 1.29 is 28.2 Å². The van der Waals surface area contributed by atoms with Gasteiger partial charge >= 0.3 is 6.61 Å². The van der Waals surface area contributed by atoms with Gasteiger partial charge in [0.25, 0.3) is 0 Å². The Morgan fingerprint density at radius 2 is 2.07 bits per heavy atom. The van der Waals surface area contributed by atoms with Crippen molar-refractivity contribution in [3.05, 3.63) is 23.8 Å². The molecule has 1 amide bonds. The fraction of sp³-hybridized carbons (Fsp3) is 0.650. The van der Waals surface area contributed by atoms with Gasteiger partial charge < -0.3 is 19.5 Å². The molecule has 3 aliphatic rings. The number of carbonyl (C=O) groups excluding carboxylic acids is 1. The van der Waals surface area contributed by atoms with E-state index in [1.165, 1.54) is 25.0 Å². The highest BCUT2D eigenvalue weighted by Crippen LogP contribution is 2.45. The molecule has 154 valence electrons. The smallest absolute Gasteiger partial charge is 0.387 e. The maximum atomic E-state index is 12.9. The van der Waals surface area contributed by atoms with Gasteiger partial charge in [-0.05, 0) is 50.8 Å². The van der Waals surface area contributed by atoms with Gasteiger partial charge in [0, 0.05) is 25.2 Å². The van der Waals surface area contributed by atoms with Crippen LogP contribution in [0, 0.1) is 5.92 Å². The summed E-state index contributed by atoms with van der Waals surface area (Å²) < 4.78 is 35.7. The number of aliphatic hydroxyl groups is 1. The van der Waals surface area contributed by atoms with Gasteiger partial charge in [-0.2, -0.15) is 8.78 Å². The highest BCUT2D eigenvalue weighted by Gasteiger charge is 2.47. The molecule has 1 aliphatic carbocycles. The summed E-state index contributed by atoms with van der Waals surface area (Å²) in [5.74, 6) is 1.07. The maximum absolute atomic E-state index is 12.9. The first-order valence-corrected chi connectivity index (χ1v) is 9.72. The van der Waals surface area contributed by atoms with Gasteiger partial charge in [-0.25, -0.2) is 0 Å². The zero-order chi connectivity index (χ0) is 20.1. The number of carbonyl (C=O) groups is 1. The van der Waals surface area contributed by atoms with Crippen molar-refractivity contribution in [3.8, 4) is 11.5 Å². The molecule has 1 saturated heterocycles. The van der Waals surface area contributed by atoms with Crippen LogP contribution >= 0.6 is 0 Å². The summed E-state index contributed by atoms with van der Waals surface area (Å²) in [6, 6.07) is 3.73. The number of benzene rings is 1. The van der Waals surface area contributed by atoms with E-state index >= 15 is 0 Å². The van der Waals surface area contributed by atoms with Crippen LogP contribution in [-0.2, 0) is 4.79 Å². The number of hydrogen-bond donors (Lipinski definition) is 1. The molecule has 0 bridgehead atoms. The molecular weight excluding hydrogens is 370 g/mol. The fourth-order valence-electron chi connectivity index (χ4n) is 4.11. The lowest BCUT2D eigenvalue weighted by Gasteiger charge is -2.48. The van der Waals surface area contributed by atoms with Crippen LogP contribution in [0.5, 0.6) is 11.5 Å². The van der Waals surface area contributed by atoms with Crippen molar-refractivity contribution in [2.75, 3.05) is 26.2 Å². The summed E-state index contributed by atoms with van der Waals surface area (Å²) in [6.07, 6.45) is 1.45. The first-order valence-electron chi connectivity index (χ1n) is 9.72. The van der Waals surface area contributed by atoms with E-state index in [4.69, 9.17) is 4.74 Å². The molecule has 0 aromatic heterocycles. The fourth-order valence-corrected chi connectivity index (χ4v) is 4.11. The van der Waals surface area contributed by atoms with E-state index in [0.29, 0.717) is 30.3 Å². The minimum Gasteiger partial charge on any atom is -0.485 e. The number of rotatable bonds is 5. The standard InChI is InChI=1S/C20H26F2N2O4/c1-20(2)18(26)17(14-9-13(27-19(21)22)5-6-15(14)28-20)24-8-7-23(11-16(24)25)10-12-3-4-12/h5-6,9,12,17-19,26H,3-4,7-8,10-11H2,1-2H3. The quantitative estimate of drug-likeness (QED) is 0.828. The Bertz CT molecular complexity index is 754. The van der Waals surface area contributed by atoms with E-state index in [2.05, 4.69) is 9.64 Å². The predicted molar refractivity (Wildman–Crippen MR) is 97.4 cm³/mol. The van der Waals surface area contributed by atoms with Crippen LogP contribution in [0.15, 0.2) is 18.2 Å². The Labute approximate surface area is 163 Å². The Morgan fingerprint density at radius 3 is 2.71 bits per heavy atom. The lowest BCUT2D eigenvalue weighted by Crippen LogP contribution is -2.59. The molecule has 6 nitrogen and oxygen atoms in total. The predicted octanol–water partition coefficient (Wildman–Crippen LogP) is 2.42. The second-order valence-electron chi connectivity index (χ2n) is 8.44. The third-order valence-corrected chi connectivity index (χ3v) is 5.79. The van der Waals surface area contributed by atoms with Crippen LogP contribution in [-0.4, -0.2) is 65.3 Å². The summed E-state index contributed by atoms with van der Waals surface area (Å²) in [5.41, 5.74) is -0.428. The molecular formula is C20H26F2N2O4. The minimum absolute atomic E-state index is 0.0194. The molecule has 2 heterocycles. The van der Waals surface area contributed by atoms with Crippen molar-refractivity contribution >= 4 is 5.91 Å². The molecule has 2 fully saturated rings. The largest absolute Gasteiger partial charge is 0.485 e. The van der Waals surface area contributed by atoms with E-state index in [1.807, 2.05) is 0 Å². The maximum Gasteiger partial charge on any atom is 0.387 e. The Balaban J connectivity index is 1.62. The molecule has 28 heavy (non-hydrogen) atoms. The number of ether oxygens (including phenoxy) is 2. The second kappa shape index (κ2) is 7.15.